The minimum absolute atomic E-state index is 0.146. The maximum atomic E-state index is 12.7. The van der Waals surface area contributed by atoms with Crippen molar-refractivity contribution in [3.05, 3.63) is 106 Å². The third-order valence-electron chi connectivity index (χ3n) is 6.25. The van der Waals surface area contributed by atoms with Crippen LogP contribution in [0.4, 0.5) is 17.2 Å². The van der Waals surface area contributed by atoms with Gasteiger partial charge < -0.3 is 19.5 Å². The van der Waals surface area contributed by atoms with E-state index in [1.54, 1.807) is 18.2 Å². The van der Waals surface area contributed by atoms with Gasteiger partial charge in [0.15, 0.2) is 5.76 Å². The molecule has 8 nitrogen and oxygen atoms in total. The summed E-state index contributed by atoms with van der Waals surface area (Å²) in [5, 5.41) is 7.45. The predicted molar refractivity (Wildman–Crippen MR) is 141 cm³/mol. The van der Waals surface area contributed by atoms with E-state index in [1.165, 1.54) is 16.4 Å². The lowest BCUT2D eigenvalue weighted by atomic mass is 10.1. The van der Waals surface area contributed by atoms with E-state index < -0.39 is 0 Å². The van der Waals surface area contributed by atoms with Crippen molar-refractivity contribution >= 4 is 23.1 Å². The van der Waals surface area contributed by atoms with Crippen LogP contribution in [0.2, 0.25) is 0 Å². The number of rotatable bonds is 6. The molecule has 1 aliphatic rings. The summed E-state index contributed by atoms with van der Waals surface area (Å²) in [4.78, 5) is 29.7. The number of carbonyl (C=O) groups is 1. The Morgan fingerprint density at radius 1 is 0.889 bits per heavy atom. The van der Waals surface area contributed by atoms with Crippen molar-refractivity contribution in [2.75, 3.05) is 41.3 Å². The van der Waals surface area contributed by atoms with Crippen LogP contribution in [-0.2, 0) is 6.54 Å². The number of piperazine rings is 1. The van der Waals surface area contributed by atoms with Gasteiger partial charge in [0, 0.05) is 43.6 Å². The van der Waals surface area contributed by atoms with Gasteiger partial charge in [0.05, 0.1) is 0 Å². The second-order valence-corrected chi connectivity index (χ2v) is 9.09. The Kier molecular flexibility index (Phi) is 6.58. The van der Waals surface area contributed by atoms with Crippen molar-refractivity contribution in [3.63, 3.8) is 0 Å². The third kappa shape index (κ3) is 5.33. The number of nitrogens with zero attached hydrogens (tertiary/aromatic N) is 4. The zero-order valence-electron chi connectivity index (χ0n) is 20.5. The average molecular weight is 484 g/mol. The molecule has 8 heteroatoms. The van der Waals surface area contributed by atoms with Gasteiger partial charge in [-0.2, -0.15) is 5.10 Å². The van der Waals surface area contributed by atoms with Gasteiger partial charge in [-0.1, -0.05) is 24.3 Å². The van der Waals surface area contributed by atoms with Crippen LogP contribution in [0.15, 0.2) is 82.0 Å². The maximum absolute atomic E-state index is 12.7. The van der Waals surface area contributed by atoms with Crippen LogP contribution in [0.5, 0.6) is 0 Å². The molecule has 0 saturated carbocycles. The van der Waals surface area contributed by atoms with Gasteiger partial charge in [-0.3, -0.25) is 9.59 Å². The highest BCUT2D eigenvalue weighted by atomic mass is 16.4. The molecule has 0 bridgehead atoms. The number of para-hydroxylation sites is 1. The third-order valence-corrected chi connectivity index (χ3v) is 6.25. The molecule has 1 N–H and O–H groups in total. The Morgan fingerprint density at radius 2 is 1.58 bits per heavy atom. The number of carbonyl (C=O) groups excluding carboxylic acids is 1. The van der Waals surface area contributed by atoms with Crippen LogP contribution < -0.4 is 20.7 Å². The van der Waals surface area contributed by atoms with E-state index in [0.717, 1.165) is 43.1 Å². The van der Waals surface area contributed by atoms with Gasteiger partial charge in [0.25, 0.3) is 11.5 Å². The van der Waals surface area contributed by atoms with E-state index in [1.807, 2.05) is 50.2 Å². The molecule has 1 aliphatic heterocycles. The van der Waals surface area contributed by atoms with E-state index in [0.29, 0.717) is 11.4 Å². The highest BCUT2D eigenvalue weighted by Crippen LogP contribution is 2.19. The summed E-state index contributed by atoms with van der Waals surface area (Å²) in [6.07, 6.45) is 0. The average Bonchev–Trinajstić information content (AvgIpc) is 3.34. The molecule has 0 atom stereocenters. The van der Waals surface area contributed by atoms with Crippen LogP contribution in [0.25, 0.3) is 0 Å². The summed E-state index contributed by atoms with van der Waals surface area (Å²) in [5.41, 5.74) is 3.84. The number of amides is 1. The molecule has 4 aromatic rings. The van der Waals surface area contributed by atoms with E-state index in [2.05, 4.69) is 32.3 Å². The molecular weight excluding hydrogens is 454 g/mol. The molecule has 2 aromatic heterocycles. The monoisotopic (exact) mass is 483 g/mol. The molecule has 0 radical (unpaired) electrons. The van der Waals surface area contributed by atoms with Crippen LogP contribution in [0, 0.1) is 13.8 Å². The fourth-order valence-corrected chi connectivity index (χ4v) is 4.52. The fourth-order valence-electron chi connectivity index (χ4n) is 4.52. The van der Waals surface area contributed by atoms with Gasteiger partial charge in [0.2, 0.25) is 0 Å². The first-order valence-electron chi connectivity index (χ1n) is 12.1. The summed E-state index contributed by atoms with van der Waals surface area (Å²) in [6, 6.07) is 22.8. The van der Waals surface area contributed by atoms with Crippen molar-refractivity contribution in [2.45, 2.75) is 20.4 Å². The van der Waals surface area contributed by atoms with Crippen LogP contribution >= 0.6 is 0 Å². The predicted octanol–water partition coefficient (Wildman–Crippen LogP) is 4.08. The Morgan fingerprint density at radius 3 is 2.31 bits per heavy atom. The Bertz CT molecular complexity index is 1400. The van der Waals surface area contributed by atoms with Gasteiger partial charge in [-0.15, -0.1) is 0 Å². The first-order chi connectivity index (χ1) is 17.4. The highest BCUT2D eigenvalue weighted by molar-refractivity contribution is 6.02. The van der Waals surface area contributed by atoms with E-state index in [-0.39, 0.29) is 23.8 Å². The number of furan rings is 1. The Labute approximate surface area is 209 Å². The van der Waals surface area contributed by atoms with E-state index in [4.69, 9.17) is 4.42 Å². The molecule has 2 aromatic carbocycles. The smallest absolute Gasteiger partial charge is 0.291 e. The first kappa shape index (κ1) is 23.4. The Hall–Kier alpha value is -4.33. The summed E-state index contributed by atoms with van der Waals surface area (Å²) in [6.45, 7) is 7.48. The molecule has 184 valence electrons. The number of hydrogen-bond acceptors (Lipinski definition) is 6. The first-order valence-corrected chi connectivity index (χ1v) is 12.1. The second kappa shape index (κ2) is 10.1. The quantitative estimate of drug-likeness (QED) is 0.445. The van der Waals surface area contributed by atoms with Gasteiger partial charge in [-0.05, 0) is 67.4 Å². The number of hydrogen-bond donors (Lipinski definition) is 1. The largest absolute Gasteiger partial charge is 0.454 e. The maximum Gasteiger partial charge on any atom is 0.291 e. The van der Waals surface area contributed by atoms with E-state index >= 15 is 0 Å². The molecule has 5 rings (SSSR count). The minimum Gasteiger partial charge on any atom is -0.454 e. The molecule has 0 aliphatic carbocycles. The van der Waals surface area contributed by atoms with E-state index in [9.17, 15) is 9.59 Å². The SMILES string of the molecule is Cc1cc(C)cc(NC(=O)c2ccc(Cn3nc(N4CCN(c5ccccc5)CC4)ccc3=O)o2)c1. The summed E-state index contributed by atoms with van der Waals surface area (Å²) < 4.78 is 7.13. The molecular formula is C28H29N5O3. The summed E-state index contributed by atoms with van der Waals surface area (Å²) >= 11 is 0. The van der Waals surface area contributed by atoms with Crippen molar-refractivity contribution in [1.29, 1.82) is 0 Å². The van der Waals surface area contributed by atoms with Crippen LogP contribution in [0.1, 0.15) is 27.4 Å². The molecule has 3 heterocycles. The van der Waals surface area contributed by atoms with Crippen molar-refractivity contribution < 1.29 is 9.21 Å². The number of benzene rings is 2. The highest BCUT2D eigenvalue weighted by Gasteiger charge is 2.19. The van der Waals surface area contributed by atoms with Gasteiger partial charge >= 0.3 is 0 Å². The van der Waals surface area contributed by atoms with Crippen molar-refractivity contribution in [2.24, 2.45) is 0 Å². The summed E-state index contributed by atoms with van der Waals surface area (Å²) in [5.74, 6) is 1.09. The number of aromatic nitrogens is 2. The van der Waals surface area contributed by atoms with Crippen LogP contribution in [-0.4, -0.2) is 41.9 Å². The molecule has 1 fully saturated rings. The standard InChI is InChI=1S/C28H29N5O3/c1-20-16-21(2)18-22(17-20)29-28(35)25-9-8-24(36-25)19-33-27(34)11-10-26(30-33)32-14-12-31(13-15-32)23-6-4-3-5-7-23/h3-11,16-18H,12-15,19H2,1-2H3,(H,29,35). The van der Waals surface area contributed by atoms with Crippen molar-refractivity contribution in [3.8, 4) is 0 Å². The van der Waals surface area contributed by atoms with Gasteiger partial charge in [0.1, 0.15) is 18.1 Å². The normalized spacial score (nSPS) is 13.6. The molecule has 1 saturated heterocycles. The molecule has 1 amide bonds. The van der Waals surface area contributed by atoms with Crippen LogP contribution in [0.3, 0.4) is 0 Å². The molecule has 0 spiro atoms. The number of nitrogens with one attached hydrogen (secondary N) is 1. The molecule has 0 unspecified atom stereocenters. The number of anilines is 3. The molecule has 36 heavy (non-hydrogen) atoms. The fraction of sp³-hybridized carbons (Fsp3) is 0.250. The lowest BCUT2D eigenvalue weighted by Gasteiger charge is -2.36. The topological polar surface area (TPSA) is 83.6 Å². The zero-order valence-corrected chi connectivity index (χ0v) is 20.5. The zero-order chi connectivity index (χ0) is 25.1. The number of aryl methyl sites for hydroxylation is 2. The second-order valence-electron chi connectivity index (χ2n) is 9.09. The lowest BCUT2D eigenvalue weighted by molar-refractivity contribution is 0.0994. The van der Waals surface area contributed by atoms with Crippen molar-refractivity contribution in [1.82, 2.24) is 9.78 Å². The van der Waals surface area contributed by atoms with Gasteiger partial charge in [-0.25, -0.2) is 4.68 Å². The Balaban J connectivity index is 1.24. The lowest BCUT2D eigenvalue weighted by Crippen LogP contribution is -2.47. The summed E-state index contributed by atoms with van der Waals surface area (Å²) in [7, 11) is 0. The minimum atomic E-state index is -0.336.